The van der Waals surface area contributed by atoms with Crippen molar-refractivity contribution in [2.45, 2.75) is 6.92 Å². The van der Waals surface area contributed by atoms with Gasteiger partial charge in [0.25, 0.3) is 0 Å². The van der Waals surface area contributed by atoms with Crippen LogP contribution in [0.15, 0.2) is 22.8 Å². The summed E-state index contributed by atoms with van der Waals surface area (Å²) < 4.78 is 11.4. The van der Waals surface area contributed by atoms with Crippen molar-refractivity contribution < 1.29 is 14.4 Å². The summed E-state index contributed by atoms with van der Waals surface area (Å²) >= 11 is 3.33. The van der Waals surface area contributed by atoms with Gasteiger partial charge in [-0.15, -0.1) is 6.42 Å². The summed E-state index contributed by atoms with van der Waals surface area (Å²) in [7, 11) is 0. The molecule has 5 nitrogen and oxygen atoms in total. The van der Waals surface area contributed by atoms with Gasteiger partial charge in [0.15, 0.2) is 11.5 Å². The Hall–Kier alpha value is -2.00. The molecule has 0 aliphatic rings. The van der Waals surface area contributed by atoms with Crippen LogP contribution < -0.4 is 9.47 Å². The summed E-state index contributed by atoms with van der Waals surface area (Å²) in [5.74, 6) is 3.33. The smallest absolute Gasteiger partial charge is 0.235 e. The van der Waals surface area contributed by atoms with Gasteiger partial charge in [-0.3, -0.25) is 10.1 Å². The Morgan fingerprint density at radius 1 is 1.53 bits per heavy atom. The molecule has 6 heteroatoms. The van der Waals surface area contributed by atoms with Gasteiger partial charge in [-0.05, 0) is 40.5 Å². The van der Waals surface area contributed by atoms with E-state index in [1.165, 1.54) is 6.08 Å². The highest BCUT2D eigenvalue weighted by Crippen LogP contribution is 2.37. The first kappa shape index (κ1) is 15.1. The second kappa shape index (κ2) is 7.44. The summed E-state index contributed by atoms with van der Waals surface area (Å²) in [6, 6.07) is 3.34. The molecule has 0 amide bonds. The van der Waals surface area contributed by atoms with E-state index in [1.54, 1.807) is 12.1 Å². The maximum absolute atomic E-state index is 10.3. The highest BCUT2D eigenvalue weighted by Gasteiger charge is 2.11. The van der Waals surface area contributed by atoms with E-state index in [0.717, 1.165) is 6.20 Å². The minimum atomic E-state index is -0.531. The predicted octanol–water partition coefficient (Wildman–Crippen LogP) is 3.11. The van der Waals surface area contributed by atoms with E-state index in [9.17, 15) is 10.1 Å². The van der Waals surface area contributed by atoms with Crippen molar-refractivity contribution in [1.29, 1.82) is 0 Å². The Morgan fingerprint density at radius 3 is 2.84 bits per heavy atom. The Balaban J connectivity index is 3.13. The van der Waals surface area contributed by atoms with Gasteiger partial charge in [0, 0.05) is 6.08 Å². The fourth-order valence-corrected chi connectivity index (χ4v) is 1.92. The van der Waals surface area contributed by atoms with Crippen LogP contribution in [0.25, 0.3) is 6.08 Å². The average molecular weight is 326 g/mol. The van der Waals surface area contributed by atoms with E-state index in [0.29, 0.717) is 28.1 Å². The van der Waals surface area contributed by atoms with Gasteiger partial charge in [0.1, 0.15) is 6.61 Å². The van der Waals surface area contributed by atoms with Crippen LogP contribution in [0.2, 0.25) is 0 Å². The van der Waals surface area contributed by atoms with E-state index in [1.807, 2.05) is 6.92 Å². The summed E-state index contributed by atoms with van der Waals surface area (Å²) in [5, 5.41) is 10.3. The lowest BCUT2D eigenvalue weighted by atomic mass is 10.2. The zero-order chi connectivity index (χ0) is 14.3. The second-order valence-electron chi connectivity index (χ2n) is 3.36. The van der Waals surface area contributed by atoms with Crippen molar-refractivity contribution in [3.63, 3.8) is 0 Å². The lowest BCUT2D eigenvalue weighted by Crippen LogP contribution is -2.00. The zero-order valence-corrected chi connectivity index (χ0v) is 11.8. The van der Waals surface area contributed by atoms with Gasteiger partial charge < -0.3 is 9.47 Å². The summed E-state index contributed by atoms with van der Waals surface area (Å²) in [4.78, 5) is 9.77. The normalized spacial score (nSPS) is 10.2. The molecule has 1 aromatic rings. The van der Waals surface area contributed by atoms with Crippen molar-refractivity contribution in [1.82, 2.24) is 0 Å². The van der Waals surface area contributed by atoms with Gasteiger partial charge in [0.2, 0.25) is 6.20 Å². The Labute approximate surface area is 119 Å². The van der Waals surface area contributed by atoms with Gasteiger partial charge in [0.05, 0.1) is 16.0 Å². The van der Waals surface area contributed by atoms with Crippen molar-refractivity contribution in [3.05, 3.63) is 38.5 Å². The van der Waals surface area contributed by atoms with Crippen LogP contribution in [-0.4, -0.2) is 18.1 Å². The second-order valence-corrected chi connectivity index (χ2v) is 4.21. The average Bonchev–Trinajstić information content (AvgIpc) is 2.36. The first-order chi connectivity index (χ1) is 9.08. The van der Waals surface area contributed by atoms with Crippen LogP contribution in [0.4, 0.5) is 0 Å². The standard InChI is InChI=1S/C13H12BrNO4/c1-3-7-19-13-11(14)8-10(5-6-15(16)17)9-12(13)18-4-2/h1,5-6,8-9H,4,7H2,2H3/b6-5+. The number of hydrogen-bond donors (Lipinski definition) is 0. The molecular weight excluding hydrogens is 314 g/mol. The number of terminal acetylenes is 1. The monoisotopic (exact) mass is 325 g/mol. The Morgan fingerprint density at radius 2 is 2.26 bits per heavy atom. The lowest BCUT2D eigenvalue weighted by Gasteiger charge is -2.13. The van der Waals surface area contributed by atoms with Crippen molar-refractivity contribution in [3.8, 4) is 23.8 Å². The molecule has 0 N–H and O–H groups in total. The van der Waals surface area contributed by atoms with Crippen LogP contribution in [0.1, 0.15) is 12.5 Å². The number of nitro groups is 1. The van der Waals surface area contributed by atoms with Crippen molar-refractivity contribution >= 4 is 22.0 Å². The molecule has 0 aromatic heterocycles. The zero-order valence-electron chi connectivity index (χ0n) is 10.3. The van der Waals surface area contributed by atoms with Gasteiger partial charge >= 0.3 is 0 Å². The van der Waals surface area contributed by atoms with E-state index >= 15 is 0 Å². The number of ether oxygens (including phenoxy) is 2. The Bertz CT molecular complexity index is 534. The fraction of sp³-hybridized carbons (Fsp3) is 0.231. The number of rotatable bonds is 6. The maximum atomic E-state index is 10.3. The van der Waals surface area contributed by atoms with E-state index in [-0.39, 0.29) is 6.61 Å². The molecule has 0 heterocycles. The molecule has 0 atom stereocenters. The molecule has 0 fully saturated rings. The number of benzene rings is 1. The molecular formula is C13H12BrNO4. The molecule has 19 heavy (non-hydrogen) atoms. The van der Waals surface area contributed by atoms with Gasteiger partial charge in [-0.2, -0.15) is 0 Å². The summed E-state index contributed by atoms with van der Waals surface area (Å²) in [5.41, 5.74) is 0.625. The molecule has 0 spiro atoms. The van der Waals surface area contributed by atoms with Crippen LogP contribution in [-0.2, 0) is 0 Å². The molecule has 0 aliphatic carbocycles. The highest BCUT2D eigenvalue weighted by molar-refractivity contribution is 9.10. The van der Waals surface area contributed by atoms with Crippen molar-refractivity contribution in [2.75, 3.05) is 13.2 Å². The third-order valence-corrected chi connectivity index (χ3v) is 2.61. The first-order valence-electron chi connectivity index (χ1n) is 5.42. The van der Waals surface area contributed by atoms with Crippen LogP contribution in [0, 0.1) is 22.5 Å². The fourth-order valence-electron chi connectivity index (χ4n) is 1.35. The number of hydrogen-bond acceptors (Lipinski definition) is 4. The van der Waals surface area contributed by atoms with Crippen LogP contribution in [0.3, 0.4) is 0 Å². The highest BCUT2D eigenvalue weighted by atomic mass is 79.9. The molecule has 0 aliphatic heterocycles. The molecule has 1 rings (SSSR count). The summed E-state index contributed by atoms with van der Waals surface area (Å²) in [6.45, 7) is 2.39. The molecule has 0 bridgehead atoms. The lowest BCUT2D eigenvalue weighted by molar-refractivity contribution is -0.400. The minimum absolute atomic E-state index is 0.114. The largest absolute Gasteiger partial charge is 0.490 e. The SMILES string of the molecule is C#CCOc1c(Br)cc(/C=C/[N+](=O)[O-])cc1OCC. The molecule has 0 unspecified atom stereocenters. The minimum Gasteiger partial charge on any atom is -0.490 e. The van der Waals surface area contributed by atoms with E-state index in [2.05, 4.69) is 21.9 Å². The van der Waals surface area contributed by atoms with Gasteiger partial charge in [-0.25, -0.2) is 0 Å². The van der Waals surface area contributed by atoms with Crippen molar-refractivity contribution in [2.24, 2.45) is 0 Å². The third-order valence-electron chi connectivity index (χ3n) is 2.02. The maximum Gasteiger partial charge on any atom is 0.235 e. The van der Waals surface area contributed by atoms with Gasteiger partial charge in [-0.1, -0.05) is 5.92 Å². The molecule has 0 radical (unpaired) electrons. The third kappa shape index (κ3) is 4.64. The Kier molecular flexibility index (Phi) is 5.90. The van der Waals surface area contributed by atoms with E-state index in [4.69, 9.17) is 15.9 Å². The molecule has 0 saturated carbocycles. The summed E-state index contributed by atoms with van der Waals surface area (Å²) in [6.07, 6.45) is 7.38. The van der Waals surface area contributed by atoms with Crippen LogP contribution >= 0.6 is 15.9 Å². The molecule has 100 valence electrons. The number of halogens is 1. The van der Waals surface area contributed by atoms with E-state index < -0.39 is 4.92 Å². The predicted molar refractivity (Wildman–Crippen MR) is 75.7 cm³/mol. The molecule has 0 saturated heterocycles. The first-order valence-corrected chi connectivity index (χ1v) is 6.22. The molecule has 1 aromatic carbocycles. The van der Waals surface area contributed by atoms with Crippen LogP contribution in [0.5, 0.6) is 11.5 Å². The topological polar surface area (TPSA) is 61.6 Å². The number of nitrogens with zero attached hydrogens (tertiary/aromatic N) is 1. The quantitative estimate of drug-likeness (QED) is 0.458.